The predicted molar refractivity (Wildman–Crippen MR) is 108 cm³/mol. The van der Waals surface area contributed by atoms with Crippen molar-refractivity contribution < 1.29 is 9.53 Å². The quantitative estimate of drug-likeness (QED) is 0.598. The van der Waals surface area contributed by atoms with E-state index in [1.54, 1.807) is 19.1 Å². The Bertz CT molecular complexity index is 948. The van der Waals surface area contributed by atoms with E-state index in [9.17, 15) is 4.79 Å². The van der Waals surface area contributed by atoms with Gasteiger partial charge >= 0.3 is 0 Å². The Hall–Kier alpha value is -2.79. The number of nitrogens with zero attached hydrogens (tertiary/aromatic N) is 2. The second-order valence-corrected chi connectivity index (χ2v) is 6.69. The van der Waals surface area contributed by atoms with Gasteiger partial charge in [-0.05, 0) is 43.3 Å². The summed E-state index contributed by atoms with van der Waals surface area (Å²) in [5, 5.41) is 3.54. The van der Waals surface area contributed by atoms with E-state index in [-0.39, 0.29) is 5.91 Å². The first kappa shape index (κ1) is 19.0. The van der Waals surface area contributed by atoms with E-state index in [4.69, 9.17) is 21.3 Å². The number of amides is 1. The summed E-state index contributed by atoms with van der Waals surface area (Å²) in [5.41, 5.74) is 2.49. The zero-order valence-corrected chi connectivity index (χ0v) is 16.0. The molecule has 0 saturated carbocycles. The van der Waals surface area contributed by atoms with Crippen LogP contribution in [0.15, 0.2) is 60.7 Å². The van der Waals surface area contributed by atoms with Crippen LogP contribution in [0.25, 0.3) is 11.0 Å². The first-order valence-corrected chi connectivity index (χ1v) is 9.18. The van der Waals surface area contributed by atoms with Crippen LogP contribution in [0.4, 0.5) is 0 Å². The van der Waals surface area contributed by atoms with Gasteiger partial charge in [0.1, 0.15) is 18.2 Å². The Balaban J connectivity index is 1.69. The summed E-state index contributed by atoms with van der Waals surface area (Å²) < 4.78 is 7.96. The van der Waals surface area contributed by atoms with E-state index in [1.165, 1.54) is 0 Å². The van der Waals surface area contributed by atoms with Crippen LogP contribution in [-0.2, 0) is 17.8 Å². The molecule has 1 heterocycles. The van der Waals surface area contributed by atoms with Crippen molar-refractivity contribution in [2.75, 3.05) is 13.2 Å². The van der Waals surface area contributed by atoms with E-state index in [0.29, 0.717) is 36.7 Å². The van der Waals surface area contributed by atoms with E-state index >= 15 is 0 Å². The molecule has 1 amide bonds. The van der Waals surface area contributed by atoms with Gasteiger partial charge in [0.2, 0.25) is 5.91 Å². The number of rotatable bonds is 8. The number of nitrogens with one attached hydrogen (secondary N) is 1. The highest BCUT2D eigenvalue weighted by molar-refractivity contribution is 6.30. The third-order valence-electron chi connectivity index (χ3n) is 4.15. The Morgan fingerprint density at radius 1 is 1.22 bits per heavy atom. The molecule has 27 heavy (non-hydrogen) atoms. The second kappa shape index (κ2) is 8.73. The van der Waals surface area contributed by atoms with Crippen LogP contribution >= 0.6 is 11.6 Å². The molecule has 0 unspecified atom stereocenters. The van der Waals surface area contributed by atoms with Crippen molar-refractivity contribution in [1.29, 1.82) is 0 Å². The molecule has 2 aromatic carbocycles. The number of ether oxygens (including phenoxy) is 1. The number of halogens is 1. The molecule has 0 aliphatic heterocycles. The van der Waals surface area contributed by atoms with Gasteiger partial charge in [-0.15, -0.1) is 0 Å². The molecule has 0 fully saturated rings. The monoisotopic (exact) mass is 383 g/mol. The third-order valence-corrected chi connectivity index (χ3v) is 4.40. The minimum absolute atomic E-state index is 0.135. The largest absolute Gasteiger partial charge is 0.492 e. The lowest BCUT2D eigenvalue weighted by Crippen LogP contribution is -2.27. The van der Waals surface area contributed by atoms with Gasteiger partial charge in [0.05, 0.1) is 17.6 Å². The molecule has 0 atom stereocenters. The number of para-hydroxylation sites is 2. The number of imidazole rings is 1. The molecule has 0 bridgehead atoms. The van der Waals surface area contributed by atoms with Crippen LogP contribution in [0.3, 0.4) is 0 Å². The molecule has 0 radical (unpaired) electrons. The highest BCUT2D eigenvalue weighted by Crippen LogP contribution is 2.18. The summed E-state index contributed by atoms with van der Waals surface area (Å²) in [6.45, 7) is 7.02. The molecule has 1 aromatic heterocycles. The maximum atomic E-state index is 11.7. The molecule has 6 heteroatoms. The van der Waals surface area contributed by atoms with Gasteiger partial charge in [-0.1, -0.05) is 30.3 Å². The van der Waals surface area contributed by atoms with E-state index in [1.807, 2.05) is 36.4 Å². The summed E-state index contributed by atoms with van der Waals surface area (Å²) in [6, 6.07) is 15.3. The number of aromatic nitrogens is 2. The average molecular weight is 384 g/mol. The molecule has 140 valence electrons. The van der Waals surface area contributed by atoms with Gasteiger partial charge in [-0.25, -0.2) is 4.98 Å². The third kappa shape index (κ3) is 4.89. The van der Waals surface area contributed by atoms with Gasteiger partial charge < -0.3 is 14.6 Å². The van der Waals surface area contributed by atoms with Crippen molar-refractivity contribution in [2.24, 2.45) is 0 Å². The van der Waals surface area contributed by atoms with Crippen molar-refractivity contribution in [1.82, 2.24) is 14.9 Å². The highest BCUT2D eigenvalue weighted by Gasteiger charge is 2.11. The molecule has 0 aliphatic rings. The summed E-state index contributed by atoms with van der Waals surface area (Å²) in [5.74, 6) is 1.56. The topological polar surface area (TPSA) is 56.2 Å². The minimum atomic E-state index is -0.135. The molecule has 3 aromatic rings. The van der Waals surface area contributed by atoms with E-state index in [2.05, 4.69) is 16.5 Å². The summed E-state index contributed by atoms with van der Waals surface area (Å²) >= 11 is 5.90. The minimum Gasteiger partial charge on any atom is -0.492 e. The SMILES string of the molecule is C=C(C)C(=O)NCCc1nc2ccccc2n1CCOc1ccc(Cl)cc1. The van der Waals surface area contributed by atoms with Crippen LogP contribution in [-0.4, -0.2) is 28.6 Å². The summed E-state index contributed by atoms with van der Waals surface area (Å²) in [6.07, 6.45) is 0.634. The molecular weight excluding hydrogens is 362 g/mol. The molecule has 0 saturated heterocycles. The second-order valence-electron chi connectivity index (χ2n) is 6.26. The number of hydrogen-bond acceptors (Lipinski definition) is 3. The van der Waals surface area contributed by atoms with Crippen molar-refractivity contribution in [3.05, 3.63) is 71.5 Å². The first-order chi connectivity index (χ1) is 13.0. The fourth-order valence-electron chi connectivity index (χ4n) is 2.79. The Kier molecular flexibility index (Phi) is 6.14. The van der Waals surface area contributed by atoms with Gasteiger partial charge in [0.15, 0.2) is 0 Å². The van der Waals surface area contributed by atoms with Crippen LogP contribution in [0.2, 0.25) is 5.02 Å². The molecular formula is C21H22ClN3O2. The molecule has 3 rings (SSSR count). The van der Waals surface area contributed by atoms with Crippen LogP contribution < -0.4 is 10.1 Å². The maximum Gasteiger partial charge on any atom is 0.246 e. The molecule has 0 aliphatic carbocycles. The van der Waals surface area contributed by atoms with E-state index in [0.717, 1.165) is 22.6 Å². The Morgan fingerprint density at radius 2 is 1.96 bits per heavy atom. The summed E-state index contributed by atoms with van der Waals surface area (Å²) in [4.78, 5) is 16.4. The lowest BCUT2D eigenvalue weighted by atomic mass is 10.3. The Morgan fingerprint density at radius 3 is 2.70 bits per heavy atom. The van der Waals surface area contributed by atoms with Crippen LogP contribution in [0, 0.1) is 0 Å². The predicted octanol–water partition coefficient (Wildman–Crippen LogP) is 4.00. The molecule has 0 spiro atoms. The zero-order valence-electron chi connectivity index (χ0n) is 15.2. The fraction of sp³-hybridized carbons (Fsp3) is 0.238. The normalized spacial score (nSPS) is 10.7. The molecule has 1 N–H and O–H groups in total. The number of hydrogen-bond donors (Lipinski definition) is 1. The smallest absolute Gasteiger partial charge is 0.246 e. The number of carbonyl (C=O) groups excluding carboxylic acids is 1. The number of carbonyl (C=O) groups is 1. The van der Waals surface area contributed by atoms with Crippen molar-refractivity contribution in [3.8, 4) is 5.75 Å². The maximum absolute atomic E-state index is 11.7. The fourth-order valence-corrected chi connectivity index (χ4v) is 2.92. The number of benzene rings is 2. The summed E-state index contributed by atoms with van der Waals surface area (Å²) in [7, 11) is 0. The first-order valence-electron chi connectivity index (χ1n) is 8.81. The standard InChI is InChI=1S/C21H22ClN3O2/c1-15(2)21(26)23-12-11-20-24-18-5-3-4-6-19(18)25(20)13-14-27-17-9-7-16(22)8-10-17/h3-10H,1,11-14H2,2H3,(H,23,26). The number of fused-ring (bicyclic) bond motifs is 1. The highest BCUT2D eigenvalue weighted by atomic mass is 35.5. The zero-order chi connectivity index (χ0) is 19.2. The van der Waals surface area contributed by atoms with Crippen LogP contribution in [0.5, 0.6) is 5.75 Å². The van der Waals surface area contributed by atoms with Crippen molar-refractivity contribution in [2.45, 2.75) is 19.9 Å². The van der Waals surface area contributed by atoms with Gasteiger partial charge in [-0.3, -0.25) is 4.79 Å². The Labute approximate surface area is 163 Å². The lowest BCUT2D eigenvalue weighted by Gasteiger charge is -2.11. The van der Waals surface area contributed by atoms with Crippen molar-refractivity contribution in [3.63, 3.8) is 0 Å². The lowest BCUT2D eigenvalue weighted by molar-refractivity contribution is -0.117. The van der Waals surface area contributed by atoms with Crippen molar-refractivity contribution >= 4 is 28.5 Å². The van der Waals surface area contributed by atoms with E-state index < -0.39 is 0 Å². The average Bonchev–Trinajstić information content (AvgIpc) is 3.01. The van der Waals surface area contributed by atoms with Gasteiger partial charge in [-0.2, -0.15) is 0 Å². The molecule has 5 nitrogen and oxygen atoms in total. The van der Waals surface area contributed by atoms with Gasteiger partial charge in [0.25, 0.3) is 0 Å². The van der Waals surface area contributed by atoms with Crippen LogP contribution in [0.1, 0.15) is 12.7 Å². The van der Waals surface area contributed by atoms with Gasteiger partial charge in [0, 0.05) is 23.6 Å².